The predicted octanol–water partition coefficient (Wildman–Crippen LogP) is 5.57. The zero-order valence-corrected chi connectivity index (χ0v) is 21.2. The van der Waals surface area contributed by atoms with Crippen LogP contribution in [0.4, 0.5) is 0 Å². The monoisotopic (exact) mass is 468 g/mol. The van der Waals surface area contributed by atoms with Crippen molar-refractivity contribution in [3.63, 3.8) is 0 Å². The van der Waals surface area contributed by atoms with Gasteiger partial charge in [-0.2, -0.15) is 0 Å². The molecule has 0 spiro atoms. The summed E-state index contributed by atoms with van der Waals surface area (Å²) < 4.78 is 49.4. The topological polar surface area (TPSA) is 98.8 Å². The maximum Gasteiger partial charge on any atom is 0.337 e. The highest BCUT2D eigenvalue weighted by atomic mass is 31.2. The Morgan fingerprint density at radius 3 is 1.65 bits per heavy atom. The van der Waals surface area contributed by atoms with Crippen LogP contribution in [0.15, 0.2) is 25.0 Å². The van der Waals surface area contributed by atoms with Gasteiger partial charge in [0.05, 0.1) is 31.4 Å². The fourth-order valence-corrected chi connectivity index (χ4v) is 3.73. The molecule has 0 fully saturated rings. The highest BCUT2D eigenvalue weighted by Gasteiger charge is 2.34. The van der Waals surface area contributed by atoms with Crippen LogP contribution in [0.5, 0.6) is 0 Å². The second-order valence-corrected chi connectivity index (χ2v) is 8.77. The van der Waals surface area contributed by atoms with Gasteiger partial charge in [0.15, 0.2) is 0 Å². The van der Waals surface area contributed by atoms with Gasteiger partial charge in [0.25, 0.3) is 11.9 Å². The Bertz CT molecular complexity index is 529. The molecule has 1 atom stereocenters. The molecule has 0 radical (unpaired) electrons. The minimum absolute atomic E-state index is 0.0135. The quantitative estimate of drug-likeness (QED) is 0.117. The summed E-state index contributed by atoms with van der Waals surface area (Å²) in [6.07, 6.45) is 0.663. The fourth-order valence-electron chi connectivity index (χ4n) is 2.15. The lowest BCUT2D eigenvalue weighted by Gasteiger charge is -2.23. The summed E-state index contributed by atoms with van der Waals surface area (Å²) in [6, 6.07) is 0. The number of hydrogen-bond donors (Lipinski definition) is 0. The molecule has 0 aliphatic heterocycles. The van der Waals surface area contributed by atoms with Crippen LogP contribution in [0.3, 0.4) is 0 Å². The summed E-state index contributed by atoms with van der Waals surface area (Å²) in [7, 11) is -2.53. The third kappa shape index (κ3) is 16.6. The van der Waals surface area contributed by atoms with E-state index in [9.17, 15) is 9.36 Å². The Kier molecular flexibility index (Phi) is 18.2. The Balaban J connectivity index is 0. The molecule has 0 N–H and O–H groups in total. The van der Waals surface area contributed by atoms with E-state index >= 15 is 0 Å². The minimum Gasteiger partial charge on any atom is -0.469 e. The number of carbonyl (C=O) groups is 1. The molecule has 0 saturated carbocycles. The molecule has 0 saturated heterocycles. The van der Waals surface area contributed by atoms with Gasteiger partial charge in [-0.15, -0.1) is 0 Å². The second-order valence-electron chi connectivity index (χ2n) is 6.66. The van der Waals surface area contributed by atoms with E-state index < -0.39 is 33.1 Å². The van der Waals surface area contributed by atoms with E-state index in [1.165, 1.54) is 7.11 Å². The van der Waals surface area contributed by atoms with Crippen LogP contribution >= 0.6 is 7.60 Å². The number of hydrogen-bond acceptors (Lipinski definition) is 9. The van der Waals surface area contributed by atoms with E-state index in [0.717, 1.165) is 0 Å². The Morgan fingerprint density at radius 2 is 1.32 bits per heavy atom. The molecule has 9 nitrogen and oxygen atoms in total. The average Bonchev–Trinajstić information content (AvgIpc) is 2.67. The fraction of sp³-hybridized carbons (Fsp3) is 0.762. The summed E-state index contributed by atoms with van der Waals surface area (Å²) in [5.41, 5.74) is 0. The van der Waals surface area contributed by atoms with E-state index in [-0.39, 0.29) is 30.3 Å². The summed E-state index contributed by atoms with van der Waals surface area (Å²) in [4.78, 5) is 12.0. The first kappa shape index (κ1) is 31.5. The van der Waals surface area contributed by atoms with Crippen molar-refractivity contribution in [1.29, 1.82) is 0 Å². The third-order valence-corrected chi connectivity index (χ3v) is 5.17. The molecule has 10 heteroatoms. The predicted molar refractivity (Wildman–Crippen MR) is 119 cm³/mol. The molecule has 0 heterocycles. The maximum atomic E-state index is 13.2. The first-order valence-electron chi connectivity index (χ1n) is 10.5. The smallest absolute Gasteiger partial charge is 0.337 e. The molecular weight excluding hydrogens is 427 g/mol. The Morgan fingerprint density at radius 1 is 0.903 bits per heavy atom. The largest absolute Gasteiger partial charge is 0.469 e. The van der Waals surface area contributed by atoms with Crippen LogP contribution in [0.25, 0.3) is 0 Å². The summed E-state index contributed by atoms with van der Waals surface area (Å²) in [5, 5.41) is 0. The second kappa shape index (κ2) is 17.9. The SMILES string of the molecule is C=C(OCOP(=O)(CC(CCC)C(=O)OC)OCOC(=C)OC(C)C)OC(C)C.CC. The van der Waals surface area contributed by atoms with E-state index in [4.69, 9.17) is 32.7 Å². The average molecular weight is 469 g/mol. The van der Waals surface area contributed by atoms with Crippen molar-refractivity contribution in [2.75, 3.05) is 26.9 Å². The van der Waals surface area contributed by atoms with Gasteiger partial charge < -0.3 is 23.7 Å². The van der Waals surface area contributed by atoms with Crippen LogP contribution in [0, 0.1) is 5.92 Å². The highest BCUT2D eigenvalue weighted by molar-refractivity contribution is 7.53. The molecule has 0 aliphatic rings. The summed E-state index contributed by atoms with van der Waals surface area (Å²) in [6.45, 7) is 19.4. The molecule has 0 aromatic rings. The molecular formula is C21H41O9P. The number of carbonyl (C=O) groups excluding carboxylic acids is 1. The van der Waals surface area contributed by atoms with E-state index in [1.54, 1.807) is 27.7 Å². The van der Waals surface area contributed by atoms with Crippen molar-refractivity contribution in [2.45, 2.75) is 73.5 Å². The molecule has 0 amide bonds. The van der Waals surface area contributed by atoms with Crippen molar-refractivity contribution >= 4 is 13.6 Å². The van der Waals surface area contributed by atoms with Crippen LogP contribution in [0.2, 0.25) is 0 Å². The van der Waals surface area contributed by atoms with E-state index in [0.29, 0.717) is 12.8 Å². The van der Waals surface area contributed by atoms with Crippen molar-refractivity contribution in [3.8, 4) is 0 Å². The molecule has 0 bridgehead atoms. The first-order valence-corrected chi connectivity index (χ1v) is 12.2. The lowest BCUT2D eigenvalue weighted by Crippen LogP contribution is -2.22. The Hall–Kier alpha value is -1.70. The summed E-state index contributed by atoms with van der Waals surface area (Å²) >= 11 is 0. The van der Waals surface area contributed by atoms with Crippen molar-refractivity contribution in [2.24, 2.45) is 5.92 Å². The van der Waals surface area contributed by atoms with Crippen LogP contribution < -0.4 is 0 Å². The molecule has 31 heavy (non-hydrogen) atoms. The Labute approximate surface area is 187 Å². The zero-order valence-electron chi connectivity index (χ0n) is 20.3. The zero-order chi connectivity index (χ0) is 24.4. The third-order valence-electron chi connectivity index (χ3n) is 3.29. The van der Waals surface area contributed by atoms with Crippen LogP contribution in [0.1, 0.15) is 61.3 Å². The number of rotatable bonds is 17. The molecule has 0 aromatic carbocycles. The van der Waals surface area contributed by atoms with Crippen molar-refractivity contribution < 1.29 is 42.1 Å². The van der Waals surface area contributed by atoms with Gasteiger partial charge in [0.1, 0.15) is 0 Å². The molecule has 0 aromatic heterocycles. The summed E-state index contributed by atoms with van der Waals surface area (Å²) in [5.74, 6) is -1.14. The number of ether oxygens (including phenoxy) is 5. The van der Waals surface area contributed by atoms with Gasteiger partial charge in [-0.3, -0.25) is 18.4 Å². The van der Waals surface area contributed by atoms with Gasteiger partial charge in [-0.1, -0.05) is 27.2 Å². The normalized spacial score (nSPS) is 11.8. The van der Waals surface area contributed by atoms with Gasteiger partial charge in [0, 0.05) is 0 Å². The van der Waals surface area contributed by atoms with Gasteiger partial charge in [-0.05, 0) is 47.3 Å². The van der Waals surface area contributed by atoms with Crippen LogP contribution in [-0.4, -0.2) is 45.0 Å². The van der Waals surface area contributed by atoms with Gasteiger partial charge in [-0.25, -0.2) is 0 Å². The van der Waals surface area contributed by atoms with Gasteiger partial charge >= 0.3 is 13.6 Å². The van der Waals surface area contributed by atoms with E-state index in [1.807, 2.05) is 20.8 Å². The molecule has 0 rings (SSSR count). The lowest BCUT2D eigenvalue weighted by atomic mass is 10.1. The maximum absolute atomic E-state index is 13.2. The highest BCUT2D eigenvalue weighted by Crippen LogP contribution is 2.50. The standard InChI is InChI=1S/C19H35O9P.C2H6/c1-9-10-18(19(20)22-8)11-29(21,25-12-23-16(6)27-14(2)3)26-13-24-17(7)28-15(4)5;1-2/h14-15,18H,6-7,9-13H2,1-5,8H3;1-2H3. The number of methoxy groups -OCH3 is 1. The van der Waals surface area contributed by atoms with Crippen molar-refractivity contribution in [1.82, 2.24) is 0 Å². The molecule has 0 aliphatic carbocycles. The van der Waals surface area contributed by atoms with Crippen molar-refractivity contribution in [3.05, 3.63) is 25.0 Å². The number of esters is 1. The van der Waals surface area contributed by atoms with Crippen LogP contribution in [-0.2, 0) is 42.1 Å². The lowest BCUT2D eigenvalue weighted by molar-refractivity contribution is -0.145. The molecule has 1 unspecified atom stereocenters. The minimum atomic E-state index is -3.80. The molecule has 184 valence electrons. The van der Waals surface area contributed by atoms with E-state index in [2.05, 4.69) is 13.2 Å². The van der Waals surface area contributed by atoms with Gasteiger partial charge in [0.2, 0.25) is 13.6 Å². The first-order chi connectivity index (χ1) is 14.5.